The first-order valence-corrected chi connectivity index (χ1v) is 5.36. The Kier molecular flexibility index (Phi) is 4.15. The Bertz CT molecular complexity index is 343. The molecule has 0 aromatic heterocycles. The number of benzene rings is 1. The number of aliphatic hydroxyl groups is 1. The number of aliphatic hydroxyl groups excluding tert-OH is 1. The molecule has 0 saturated carbocycles. The quantitative estimate of drug-likeness (QED) is 0.824. The molecule has 0 bridgehead atoms. The Hall–Kier alpha value is -1.02. The Morgan fingerprint density at radius 2 is 1.87 bits per heavy atom. The average Bonchev–Trinajstić information content (AvgIpc) is 2.22. The maximum atomic E-state index is 8.83. The predicted molar refractivity (Wildman–Crippen MR) is 62.6 cm³/mol. The fourth-order valence-electron chi connectivity index (χ4n) is 1.99. The van der Waals surface area contributed by atoms with Crippen LogP contribution in [0.5, 0.6) is 5.75 Å². The molecule has 0 aliphatic carbocycles. The summed E-state index contributed by atoms with van der Waals surface area (Å²) < 4.78 is 5.37. The summed E-state index contributed by atoms with van der Waals surface area (Å²) >= 11 is 0. The lowest BCUT2D eigenvalue weighted by Crippen LogP contribution is -2.00. The van der Waals surface area contributed by atoms with Crippen LogP contribution in [0.25, 0.3) is 0 Å². The zero-order chi connectivity index (χ0) is 11.4. The lowest BCUT2D eigenvalue weighted by molar-refractivity contribution is 0.288. The summed E-state index contributed by atoms with van der Waals surface area (Å²) in [6.45, 7) is 6.52. The molecule has 1 rings (SSSR count). The Morgan fingerprint density at radius 3 is 2.40 bits per heavy atom. The molecule has 0 radical (unpaired) electrons. The van der Waals surface area contributed by atoms with E-state index in [4.69, 9.17) is 9.84 Å². The molecule has 0 atom stereocenters. The Balaban J connectivity index is 3.10. The number of hydrogen-bond acceptors (Lipinski definition) is 2. The van der Waals surface area contributed by atoms with E-state index in [1.54, 1.807) is 7.11 Å². The van der Waals surface area contributed by atoms with E-state index in [1.165, 1.54) is 22.3 Å². The molecule has 0 heterocycles. The third-order valence-corrected chi connectivity index (χ3v) is 2.94. The summed E-state index contributed by atoms with van der Waals surface area (Å²) in [7, 11) is 1.71. The van der Waals surface area contributed by atoms with Gasteiger partial charge < -0.3 is 9.84 Å². The summed E-state index contributed by atoms with van der Waals surface area (Å²) in [6, 6.07) is 2.16. The molecule has 0 fully saturated rings. The minimum atomic E-state index is 0.254. The second-order valence-corrected chi connectivity index (χ2v) is 3.96. The van der Waals surface area contributed by atoms with Crippen molar-refractivity contribution in [2.75, 3.05) is 13.7 Å². The number of hydrogen-bond donors (Lipinski definition) is 1. The van der Waals surface area contributed by atoms with Gasteiger partial charge in [0.15, 0.2) is 0 Å². The molecule has 0 amide bonds. The molecule has 15 heavy (non-hydrogen) atoms. The van der Waals surface area contributed by atoms with Crippen LogP contribution < -0.4 is 4.74 Å². The van der Waals surface area contributed by atoms with Gasteiger partial charge in [-0.05, 0) is 55.9 Å². The van der Waals surface area contributed by atoms with Crippen LogP contribution in [0.4, 0.5) is 0 Å². The van der Waals surface area contributed by atoms with Crippen molar-refractivity contribution in [3.05, 3.63) is 28.3 Å². The monoisotopic (exact) mass is 208 g/mol. The van der Waals surface area contributed by atoms with E-state index >= 15 is 0 Å². The summed E-state index contributed by atoms with van der Waals surface area (Å²) in [4.78, 5) is 0. The molecule has 1 aromatic rings. The van der Waals surface area contributed by atoms with Gasteiger partial charge in [-0.3, -0.25) is 0 Å². The highest BCUT2D eigenvalue weighted by Gasteiger charge is 2.09. The Morgan fingerprint density at radius 1 is 1.20 bits per heavy atom. The smallest absolute Gasteiger partial charge is 0.124 e. The van der Waals surface area contributed by atoms with Crippen LogP contribution in [0, 0.1) is 20.8 Å². The average molecular weight is 208 g/mol. The second-order valence-electron chi connectivity index (χ2n) is 3.96. The third kappa shape index (κ3) is 2.51. The van der Waals surface area contributed by atoms with Crippen molar-refractivity contribution in [3.63, 3.8) is 0 Å². The standard InChI is InChI=1S/C13H20O2/c1-9-8-12(6-5-7-14)10(2)11(3)13(9)15-4/h8,14H,5-7H2,1-4H3. The second kappa shape index (κ2) is 5.17. The number of aryl methyl sites for hydroxylation is 2. The van der Waals surface area contributed by atoms with Crippen LogP contribution in [0.2, 0.25) is 0 Å². The van der Waals surface area contributed by atoms with Gasteiger partial charge in [-0.15, -0.1) is 0 Å². The highest BCUT2D eigenvalue weighted by atomic mass is 16.5. The van der Waals surface area contributed by atoms with Crippen molar-refractivity contribution in [3.8, 4) is 5.75 Å². The van der Waals surface area contributed by atoms with Crippen molar-refractivity contribution in [2.24, 2.45) is 0 Å². The maximum Gasteiger partial charge on any atom is 0.124 e. The van der Waals surface area contributed by atoms with Gasteiger partial charge in [-0.1, -0.05) is 6.07 Å². The van der Waals surface area contributed by atoms with E-state index in [9.17, 15) is 0 Å². The van der Waals surface area contributed by atoms with E-state index in [0.717, 1.165) is 18.6 Å². The first-order valence-electron chi connectivity index (χ1n) is 5.36. The van der Waals surface area contributed by atoms with Gasteiger partial charge in [0.2, 0.25) is 0 Å². The number of rotatable bonds is 4. The molecule has 1 aromatic carbocycles. The molecule has 0 unspecified atom stereocenters. The van der Waals surface area contributed by atoms with Crippen LogP contribution in [-0.2, 0) is 6.42 Å². The fraction of sp³-hybridized carbons (Fsp3) is 0.538. The number of methoxy groups -OCH3 is 1. The summed E-state index contributed by atoms with van der Waals surface area (Å²) in [5.74, 6) is 0.986. The molecular formula is C13H20O2. The molecule has 84 valence electrons. The van der Waals surface area contributed by atoms with Gasteiger partial charge >= 0.3 is 0 Å². The van der Waals surface area contributed by atoms with Crippen LogP contribution in [0.3, 0.4) is 0 Å². The molecule has 0 aliphatic rings. The highest BCUT2D eigenvalue weighted by Crippen LogP contribution is 2.28. The normalized spacial score (nSPS) is 10.5. The van der Waals surface area contributed by atoms with Gasteiger partial charge in [0, 0.05) is 6.61 Å². The van der Waals surface area contributed by atoms with Gasteiger partial charge in [0.05, 0.1) is 7.11 Å². The lowest BCUT2D eigenvalue weighted by atomic mass is 9.96. The van der Waals surface area contributed by atoms with Crippen LogP contribution in [0.1, 0.15) is 28.7 Å². The van der Waals surface area contributed by atoms with E-state index < -0.39 is 0 Å². The van der Waals surface area contributed by atoms with Gasteiger partial charge in [0.25, 0.3) is 0 Å². The zero-order valence-electron chi connectivity index (χ0n) is 10.1. The minimum Gasteiger partial charge on any atom is -0.496 e. The molecule has 0 saturated heterocycles. The zero-order valence-corrected chi connectivity index (χ0v) is 10.1. The molecule has 2 nitrogen and oxygen atoms in total. The van der Waals surface area contributed by atoms with Gasteiger partial charge in [0.1, 0.15) is 5.75 Å². The summed E-state index contributed by atoms with van der Waals surface area (Å²) in [5, 5.41) is 8.83. The van der Waals surface area contributed by atoms with Crippen molar-refractivity contribution in [2.45, 2.75) is 33.6 Å². The molecule has 0 spiro atoms. The van der Waals surface area contributed by atoms with Gasteiger partial charge in [-0.2, -0.15) is 0 Å². The topological polar surface area (TPSA) is 29.5 Å². The van der Waals surface area contributed by atoms with Crippen molar-refractivity contribution in [1.82, 2.24) is 0 Å². The van der Waals surface area contributed by atoms with Crippen molar-refractivity contribution < 1.29 is 9.84 Å². The Labute approximate surface area is 91.9 Å². The first-order chi connectivity index (χ1) is 7.11. The fourth-order valence-corrected chi connectivity index (χ4v) is 1.99. The SMILES string of the molecule is COc1c(C)cc(CCCO)c(C)c1C. The van der Waals surface area contributed by atoms with Crippen molar-refractivity contribution >= 4 is 0 Å². The van der Waals surface area contributed by atoms with Crippen molar-refractivity contribution in [1.29, 1.82) is 0 Å². The van der Waals surface area contributed by atoms with E-state index in [0.29, 0.717) is 0 Å². The number of ether oxygens (including phenoxy) is 1. The first kappa shape index (κ1) is 12.1. The lowest BCUT2D eigenvalue weighted by Gasteiger charge is -2.15. The van der Waals surface area contributed by atoms with E-state index in [2.05, 4.69) is 26.8 Å². The minimum absolute atomic E-state index is 0.254. The molecular weight excluding hydrogens is 188 g/mol. The predicted octanol–water partition coefficient (Wildman–Crippen LogP) is 2.55. The molecule has 2 heteroatoms. The van der Waals surface area contributed by atoms with E-state index in [-0.39, 0.29) is 6.61 Å². The van der Waals surface area contributed by atoms with Gasteiger partial charge in [-0.25, -0.2) is 0 Å². The summed E-state index contributed by atoms with van der Waals surface area (Å²) in [5.41, 5.74) is 4.99. The van der Waals surface area contributed by atoms with Crippen LogP contribution in [0.15, 0.2) is 6.07 Å². The van der Waals surface area contributed by atoms with Crippen LogP contribution in [-0.4, -0.2) is 18.8 Å². The molecule has 0 aliphatic heterocycles. The largest absolute Gasteiger partial charge is 0.496 e. The highest BCUT2D eigenvalue weighted by molar-refractivity contribution is 5.48. The molecule has 1 N–H and O–H groups in total. The summed E-state index contributed by atoms with van der Waals surface area (Å²) in [6.07, 6.45) is 1.76. The van der Waals surface area contributed by atoms with E-state index in [1.807, 2.05) is 0 Å². The third-order valence-electron chi connectivity index (χ3n) is 2.94. The van der Waals surface area contributed by atoms with Crippen LogP contribution >= 0.6 is 0 Å². The maximum absolute atomic E-state index is 8.83.